The van der Waals surface area contributed by atoms with Crippen molar-refractivity contribution in [2.45, 2.75) is 56.8 Å². The number of ether oxygens (including phenoxy) is 1. The minimum Gasteiger partial charge on any atom is -0.496 e. The number of ketones is 1. The highest BCUT2D eigenvalue weighted by Gasteiger charge is 2.52. The van der Waals surface area contributed by atoms with E-state index in [0.717, 1.165) is 36.3 Å². The highest BCUT2D eigenvalue weighted by Crippen LogP contribution is 2.61. The summed E-state index contributed by atoms with van der Waals surface area (Å²) < 4.78 is 5.78. The number of carbonyl (C=O) groups is 3. The van der Waals surface area contributed by atoms with Gasteiger partial charge in [-0.25, -0.2) is 0 Å². The van der Waals surface area contributed by atoms with Gasteiger partial charge in [0.15, 0.2) is 0 Å². The van der Waals surface area contributed by atoms with Gasteiger partial charge in [0, 0.05) is 35.5 Å². The Morgan fingerprint density at radius 2 is 1.44 bits per heavy atom. The molecule has 2 amide bonds. The third-order valence-corrected chi connectivity index (χ3v) is 9.06. The smallest absolute Gasteiger partial charge is 0.294 e. The molecule has 5 fully saturated rings. The van der Waals surface area contributed by atoms with Crippen LogP contribution in [-0.4, -0.2) is 42.7 Å². The Morgan fingerprint density at radius 1 is 0.861 bits per heavy atom. The van der Waals surface area contributed by atoms with E-state index in [9.17, 15) is 14.4 Å². The summed E-state index contributed by atoms with van der Waals surface area (Å²) in [7, 11) is 1.72. The van der Waals surface area contributed by atoms with Crippen LogP contribution in [0, 0.1) is 17.8 Å². The summed E-state index contributed by atoms with van der Waals surface area (Å²) in [5.74, 6) is 2.17. The highest BCUT2D eigenvalue weighted by molar-refractivity contribution is 6.42. The molecule has 188 valence electrons. The first-order chi connectivity index (χ1) is 17.4. The molecule has 6 heteroatoms. The third kappa shape index (κ3) is 4.10. The largest absolute Gasteiger partial charge is 0.496 e. The van der Waals surface area contributed by atoms with Crippen molar-refractivity contribution >= 4 is 23.3 Å². The van der Waals surface area contributed by atoms with E-state index in [1.165, 1.54) is 44.1 Å². The second-order valence-corrected chi connectivity index (χ2v) is 11.5. The summed E-state index contributed by atoms with van der Waals surface area (Å²) in [6, 6.07) is 12.4. The van der Waals surface area contributed by atoms with Crippen LogP contribution in [0.15, 0.2) is 42.5 Å². The van der Waals surface area contributed by atoms with Crippen molar-refractivity contribution in [1.82, 2.24) is 4.90 Å². The zero-order chi connectivity index (χ0) is 24.9. The number of anilines is 1. The van der Waals surface area contributed by atoms with Crippen molar-refractivity contribution in [3.63, 3.8) is 0 Å². The van der Waals surface area contributed by atoms with Crippen LogP contribution in [0.1, 0.15) is 77.6 Å². The van der Waals surface area contributed by atoms with Crippen LogP contribution in [0.3, 0.4) is 0 Å². The molecule has 5 aliphatic rings. The lowest BCUT2D eigenvalue weighted by atomic mass is 9.48. The molecule has 6 nitrogen and oxygen atoms in total. The fraction of sp³-hybridized carbons (Fsp3) is 0.500. The Bertz CT molecular complexity index is 1160. The average Bonchev–Trinajstić information content (AvgIpc) is 3.42. The molecule has 2 aromatic carbocycles. The predicted molar refractivity (Wildman–Crippen MR) is 137 cm³/mol. The zero-order valence-corrected chi connectivity index (χ0v) is 20.9. The molecule has 4 aliphatic carbocycles. The molecule has 7 rings (SSSR count). The number of nitrogens with zero attached hydrogens (tertiary/aromatic N) is 1. The lowest BCUT2D eigenvalue weighted by molar-refractivity contribution is -0.125. The van der Waals surface area contributed by atoms with Crippen molar-refractivity contribution in [1.29, 1.82) is 0 Å². The molecule has 4 saturated carbocycles. The Hall–Kier alpha value is -3.15. The summed E-state index contributed by atoms with van der Waals surface area (Å²) in [5, 5.41) is 2.96. The number of benzene rings is 2. The van der Waals surface area contributed by atoms with E-state index in [1.807, 2.05) is 18.2 Å². The van der Waals surface area contributed by atoms with Gasteiger partial charge in [-0.1, -0.05) is 0 Å². The van der Waals surface area contributed by atoms with Gasteiger partial charge in [-0.05, 0) is 117 Å². The van der Waals surface area contributed by atoms with E-state index in [1.54, 1.807) is 36.3 Å². The molecule has 1 heterocycles. The Kier molecular flexibility index (Phi) is 5.85. The summed E-state index contributed by atoms with van der Waals surface area (Å²) in [5.41, 5.74) is 2.88. The van der Waals surface area contributed by atoms with Gasteiger partial charge in [-0.15, -0.1) is 0 Å². The van der Waals surface area contributed by atoms with Crippen LogP contribution in [0.2, 0.25) is 0 Å². The SMILES string of the molecule is COc1ccc(C(=O)Nc2ccc(C(=O)C(=O)N3CCCC3)cc2)cc1C12CC3CC(CC(C3)C1)C2. The summed E-state index contributed by atoms with van der Waals surface area (Å²) in [4.78, 5) is 39.8. The Labute approximate surface area is 212 Å². The first-order valence-corrected chi connectivity index (χ1v) is 13.4. The molecule has 36 heavy (non-hydrogen) atoms. The van der Waals surface area contributed by atoms with Crippen molar-refractivity contribution in [2.75, 3.05) is 25.5 Å². The maximum atomic E-state index is 13.2. The van der Waals surface area contributed by atoms with Gasteiger partial charge in [0.25, 0.3) is 11.8 Å². The average molecular weight is 487 g/mol. The summed E-state index contributed by atoms with van der Waals surface area (Å²) in [6.45, 7) is 1.29. The van der Waals surface area contributed by atoms with E-state index >= 15 is 0 Å². The first-order valence-electron chi connectivity index (χ1n) is 13.4. The molecule has 0 aromatic heterocycles. The topological polar surface area (TPSA) is 75.7 Å². The monoisotopic (exact) mass is 486 g/mol. The van der Waals surface area contributed by atoms with Gasteiger partial charge in [0.2, 0.25) is 5.78 Å². The number of carbonyl (C=O) groups excluding carboxylic acids is 3. The van der Waals surface area contributed by atoms with Crippen molar-refractivity contribution < 1.29 is 19.1 Å². The molecule has 4 bridgehead atoms. The number of amides is 2. The maximum Gasteiger partial charge on any atom is 0.294 e. The number of rotatable bonds is 6. The van der Waals surface area contributed by atoms with Gasteiger partial charge in [0.1, 0.15) is 5.75 Å². The molecule has 0 unspecified atom stereocenters. The van der Waals surface area contributed by atoms with E-state index in [-0.39, 0.29) is 11.3 Å². The molecule has 1 N–H and O–H groups in total. The fourth-order valence-electron chi connectivity index (χ4n) is 7.80. The highest BCUT2D eigenvalue weighted by atomic mass is 16.5. The second kappa shape index (κ2) is 9.06. The molecule has 0 spiro atoms. The van der Waals surface area contributed by atoms with Gasteiger partial charge < -0.3 is 15.0 Å². The zero-order valence-electron chi connectivity index (χ0n) is 20.9. The summed E-state index contributed by atoms with van der Waals surface area (Å²) in [6.07, 6.45) is 9.58. The number of Topliss-reactive ketones (excluding diaryl/α,β-unsaturated/α-hetero) is 1. The first kappa shape index (κ1) is 23.3. The van der Waals surface area contributed by atoms with Crippen molar-refractivity contribution in [2.24, 2.45) is 17.8 Å². The van der Waals surface area contributed by atoms with E-state index in [0.29, 0.717) is 29.9 Å². The van der Waals surface area contributed by atoms with Gasteiger partial charge >= 0.3 is 0 Å². The number of hydrogen-bond acceptors (Lipinski definition) is 4. The maximum absolute atomic E-state index is 13.2. The van der Waals surface area contributed by atoms with Gasteiger partial charge in [-0.3, -0.25) is 14.4 Å². The molecule has 1 saturated heterocycles. The van der Waals surface area contributed by atoms with Crippen molar-refractivity contribution in [3.05, 3.63) is 59.2 Å². The molecular formula is C30H34N2O4. The van der Waals surface area contributed by atoms with Crippen LogP contribution in [0.5, 0.6) is 5.75 Å². The lowest BCUT2D eigenvalue weighted by Gasteiger charge is -2.57. The van der Waals surface area contributed by atoms with Gasteiger partial charge in [-0.2, -0.15) is 0 Å². The summed E-state index contributed by atoms with van der Waals surface area (Å²) >= 11 is 0. The minimum atomic E-state index is -0.495. The number of hydrogen-bond donors (Lipinski definition) is 1. The standard InChI is InChI=1S/C30H34N2O4/c1-36-26-9-6-23(15-25(26)30-16-19-12-20(17-30)14-21(13-19)18-30)28(34)31-24-7-4-22(5-8-24)27(33)29(35)32-10-2-3-11-32/h4-9,15,19-21H,2-3,10-14,16-18H2,1H3,(H,31,34). The fourth-order valence-corrected chi connectivity index (χ4v) is 7.80. The predicted octanol–water partition coefficient (Wildman–Crippen LogP) is 5.22. The molecule has 1 aliphatic heterocycles. The van der Waals surface area contributed by atoms with E-state index in [4.69, 9.17) is 4.74 Å². The minimum absolute atomic E-state index is 0.125. The van der Waals surface area contributed by atoms with Gasteiger partial charge in [0.05, 0.1) is 7.11 Å². The van der Waals surface area contributed by atoms with Crippen LogP contribution >= 0.6 is 0 Å². The van der Waals surface area contributed by atoms with Crippen LogP contribution in [0.25, 0.3) is 0 Å². The molecule has 0 radical (unpaired) electrons. The lowest BCUT2D eigenvalue weighted by Crippen LogP contribution is -2.48. The van der Waals surface area contributed by atoms with E-state index in [2.05, 4.69) is 5.32 Å². The Morgan fingerprint density at radius 3 is 2.03 bits per heavy atom. The quantitative estimate of drug-likeness (QED) is 0.449. The molecule has 2 aromatic rings. The van der Waals surface area contributed by atoms with E-state index < -0.39 is 11.7 Å². The molecular weight excluding hydrogens is 452 g/mol. The van der Waals surface area contributed by atoms with Crippen LogP contribution in [0.4, 0.5) is 5.69 Å². The van der Waals surface area contributed by atoms with Crippen LogP contribution < -0.4 is 10.1 Å². The number of likely N-dealkylation sites (tertiary alicyclic amines) is 1. The van der Waals surface area contributed by atoms with Crippen LogP contribution in [-0.2, 0) is 10.2 Å². The Balaban J connectivity index is 1.19. The van der Waals surface area contributed by atoms with Crippen molar-refractivity contribution in [3.8, 4) is 5.75 Å². The molecule has 0 atom stereocenters. The normalized spacial score (nSPS) is 28.2. The number of nitrogens with one attached hydrogen (secondary N) is 1. The number of methoxy groups -OCH3 is 1. The second-order valence-electron chi connectivity index (χ2n) is 11.5. The third-order valence-electron chi connectivity index (χ3n) is 9.06.